The van der Waals surface area contributed by atoms with Gasteiger partial charge in [-0.25, -0.2) is 0 Å². The zero-order chi connectivity index (χ0) is 10.7. The van der Waals surface area contributed by atoms with Crippen LogP contribution in [0.4, 0.5) is 11.4 Å². The van der Waals surface area contributed by atoms with Crippen molar-refractivity contribution in [2.75, 3.05) is 5.32 Å². The zero-order valence-corrected chi connectivity index (χ0v) is 11.0. The molecule has 0 aromatic heterocycles. The molecule has 0 saturated heterocycles. The lowest BCUT2D eigenvalue weighted by atomic mass is 10.3. The molecule has 0 bridgehead atoms. The first kappa shape index (κ1) is 10.7. The second kappa shape index (κ2) is 4.81. The molecule has 2 aromatic rings. The predicted octanol–water partition coefficient (Wildman–Crippen LogP) is 4.96. The number of benzene rings is 2. The van der Waals surface area contributed by atoms with Gasteiger partial charge in [0.25, 0.3) is 0 Å². The van der Waals surface area contributed by atoms with E-state index in [0.29, 0.717) is 0 Å². The summed E-state index contributed by atoms with van der Waals surface area (Å²) in [6, 6.07) is 16.1. The van der Waals surface area contributed by atoms with Crippen LogP contribution in [0.25, 0.3) is 0 Å². The SMILES string of the molecule is Brc1ccc(Nc2ccccc2Br)cc1. The van der Waals surface area contributed by atoms with Crippen molar-refractivity contribution in [1.82, 2.24) is 0 Å². The monoisotopic (exact) mass is 325 g/mol. The van der Waals surface area contributed by atoms with E-state index in [1.807, 2.05) is 48.5 Å². The Morgan fingerprint density at radius 3 is 2.13 bits per heavy atom. The Labute approximate surface area is 106 Å². The Morgan fingerprint density at radius 1 is 0.800 bits per heavy atom. The van der Waals surface area contributed by atoms with Crippen LogP contribution in [0.1, 0.15) is 0 Å². The van der Waals surface area contributed by atoms with Crippen molar-refractivity contribution in [1.29, 1.82) is 0 Å². The first-order valence-electron chi connectivity index (χ1n) is 4.53. The summed E-state index contributed by atoms with van der Waals surface area (Å²) in [5.74, 6) is 0. The number of para-hydroxylation sites is 1. The molecular formula is C12H9Br2N. The molecule has 3 heteroatoms. The molecule has 0 radical (unpaired) electrons. The summed E-state index contributed by atoms with van der Waals surface area (Å²) in [5.41, 5.74) is 2.14. The number of anilines is 2. The Morgan fingerprint density at radius 2 is 1.47 bits per heavy atom. The van der Waals surface area contributed by atoms with E-state index in [2.05, 4.69) is 37.2 Å². The van der Waals surface area contributed by atoms with E-state index in [1.54, 1.807) is 0 Å². The minimum absolute atomic E-state index is 1.06. The lowest BCUT2D eigenvalue weighted by Crippen LogP contribution is -1.90. The number of halogens is 2. The average Bonchev–Trinajstić information content (AvgIpc) is 2.25. The van der Waals surface area contributed by atoms with E-state index in [4.69, 9.17) is 0 Å². The van der Waals surface area contributed by atoms with Crippen molar-refractivity contribution >= 4 is 43.2 Å². The van der Waals surface area contributed by atoms with Gasteiger partial charge < -0.3 is 5.32 Å². The Bertz CT molecular complexity index is 451. The van der Waals surface area contributed by atoms with Gasteiger partial charge in [0.05, 0.1) is 5.69 Å². The minimum Gasteiger partial charge on any atom is -0.355 e. The summed E-state index contributed by atoms with van der Waals surface area (Å²) < 4.78 is 2.15. The van der Waals surface area contributed by atoms with Crippen LogP contribution >= 0.6 is 31.9 Å². The third-order valence-electron chi connectivity index (χ3n) is 2.00. The molecule has 15 heavy (non-hydrogen) atoms. The van der Waals surface area contributed by atoms with Gasteiger partial charge in [-0.2, -0.15) is 0 Å². The maximum Gasteiger partial charge on any atom is 0.0528 e. The summed E-state index contributed by atoms with van der Waals surface area (Å²) in [7, 11) is 0. The van der Waals surface area contributed by atoms with E-state index in [1.165, 1.54) is 0 Å². The van der Waals surface area contributed by atoms with Crippen LogP contribution in [0.15, 0.2) is 57.5 Å². The van der Waals surface area contributed by atoms with Crippen LogP contribution < -0.4 is 5.32 Å². The predicted molar refractivity (Wildman–Crippen MR) is 71.6 cm³/mol. The topological polar surface area (TPSA) is 12.0 Å². The lowest BCUT2D eigenvalue weighted by molar-refractivity contribution is 1.51. The van der Waals surface area contributed by atoms with Crippen molar-refractivity contribution in [3.05, 3.63) is 57.5 Å². The van der Waals surface area contributed by atoms with Crippen LogP contribution in [-0.4, -0.2) is 0 Å². The lowest BCUT2D eigenvalue weighted by Gasteiger charge is -2.07. The normalized spacial score (nSPS) is 10.0. The van der Waals surface area contributed by atoms with Gasteiger partial charge in [-0.05, 0) is 52.3 Å². The molecule has 0 amide bonds. The fourth-order valence-corrected chi connectivity index (χ4v) is 1.90. The van der Waals surface area contributed by atoms with E-state index < -0.39 is 0 Å². The number of hydrogen-bond donors (Lipinski definition) is 1. The molecule has 2 rings (SSSR count). The fourth-order valence-electron chi connectivity index (χ4n) is 1.25. The van der Waals surface area contributed by atoms with Crippen LogP contribution in [0, 0.1) is 0 Å². The van der Waals surface area contributed by atoms with Crippen molar-refractivity contribution in [2.24, 2.45) is 0 Å². The summed E-state index contributed by atoms with van der Waals surface area (Å²) in [6.45, 7) is 0. The molecule has 0 unspecified atom stereocenters. The molecule has 0 atom stereocenters. The Balaban J connectivity index is 2.22. The van der Waals surface area contributed by atoms with Gasteiger partial charge in [0, 0.05) is 14.6 Å². The highest BCUT2D eigenvalue weighted by Gasteiger charge is 1.98. The minimum atomic E-state index is 1.06. The highest BCUT2D eigenvalue weighted by molar-refractivity contribution is 9.10. The van der Waals surface area contributed by atoms with Gasteiger partial charge in [-0.3, -0.25) is 0 Å². The first-order valence-corrected chi connectivity index (χ1v) is 6.11. The smallest absolute Gasteiger partial charge is 0.0528 e. The third kappa shape index (κ3) is 2.83. The molecule has 0 aliphatic carbocycles. The van der Waals surface area contributed by atoms with Gasteiger partial charge in [0.1, 0.15) is 0 Å². The molecule has 0 heterocycles. The summed E-state index contributed by atoms with van der Waals surface area (Å²) >= 11 is 6.90. The highest BCUT2D eigenvalue weighted by Crippen LogP contribution is 2.25. The van der Waals surface area contributed by atoms with E-state index in [-0.39, 0.29) is 0 Å². The highest BCUT2D eigenvalue weighted by atomic mass is 79.9. The molecular weight excluding hydrogens is 318 g/mol. The second-order valence-electron chi connectivity index (χ2n) is 3.11. The van der Waals surface area contributed by atoms with Crippen LogP contribution in [-0.2, 0) is 0 Å². The van der Waals surface area contributed by atoms with E-state index >= 15 is 0 Å². The third-order valence-corrected chi connectivity index (χ3v) is 3.22. The Kier molecular flexibility index (Phi) is 3.44. The van der Waals surface area contributed by atoms with Crippen LogP contribution in [0.2, 0.25) is 0 Å². The average molecular weight is 327 g/mol. The molecule has 0 saturated carbocycles. The quantitative estimate of drug-likeness (QED) is 0.822. The zero-order valence-electron chi connectivity index (χ0n) is 7.87. The van der Waals surface area contributed by atoms with Crippen molar-refractivity contribution in [3.63, 3.8) is 0 Å². The maximum atomic E-state index is 3.50. The van der Waals surface area contributed by atoms with E-state index in [9.17, 15) is 0 Å². The molecule has 76 valence electrons. The molecule has 1 N–H and O–H groups in total. The number of hydrogen-bond acceptors (Lipinski definition) is 1. The van der Waals surface area contributed by atoms with Gasteiger partial charge in [0.15, 0.2) is 0 Å². The van der Waals surface area contributed by atoms with E-state index in [0.717, 1.165) is 20.3 Å². The summed E-state index contributed by atoms with van der Waals surface area (Å²) in [4.78, 5) is 0. The first-order chi connectivity index (χ1) is 7.25. The maximum absolute atomic E-state index is 3.50. The summed E-state index contributed by atoms with van der Waals surface area (Å²) in [6.07, 6.45) is 0. The molecule has 0 fully saturated rings. The molecule has 0 aliphatic rings. The van der Waals surface area contributed by atoms with Crippen molar-refractivity contribution in [2.45, 2.75) is 0 Å². The number of nitrogens with one attached hydrogen (secondary N) is 1. The summed E-state index contributed by atoms with van der Waals surface area (Å²) in [5, 5.41) is 3.33. The second-order valence-corrected chi connectivity index (χ2v) is 4.88. The van der Waals surface area contributed by atoms with Crippen molar-refractivity contribution in [3.8, 4) is 0 Å². The van der Waals surface area contributed by atoms with Gasteiger partial charge in [-0.1, -0.05) is 28.1 Å². The Hall–Kier alpha value is -0.800. The largest absolute Gasteiger partial charge is 0.355 e. The van der Waals surface area contributed by atoms with Crippen molar-refractivity contribution < 1.29 is 0 Å². The van der Waals surface area contributed by atoms with Crippen LogP contribution in [0.3, 0.4) is 0 Å². The molecule has 0 spiro atoms. The molecule has 0 aliphatic heterocycles. The molecule has 2 aromatic carbocycles. The standard InChI is InChI=1S/C12H9Br2N/c13-9-5-7-10(8-6-9)15-12-4-2-1-3-11(12)14/h1-8,15H. The van der Waals surface area contributed by atoms with Gasteiger partial charge in [0.2, 0.25) is 0 Å². The fraction of sp³-hybridized carbons (Fsp3) is 0. The number of rotatable bonds is 2. The van der Waals surface area contributed by atoms with Gasteiger partial charge in [-0.15, -0.1) is 0 Å². The van der Waals surface area contributed by atoms with Crippen LogP contribution in [0.5, 0.6) is 0 Å². The van der Waals surface area contributed by atoms with Gasteiger partial charge >= 0.3 is 0 Å². The molecule has 1 nitrogen and oxygen atoms in total.